The molecule has 3 aliphatic rings. The van der Waals surface area contributed by atoms with Crippen molar-refractivity contribution >= 4 is 5.97 Å². The standard InChI is InChI=1S/C13H20O5/c1-8-5-12-13(18-8)10(3-4-16-13)6-11(17-12)7-15-9(2)14/h8,10-12H,3-7H2,1-2H3/t8-,10+,11+,12-,13-/m1/s1. The summed E-state index contributed by atoms with van der Waals surface area (Å²) in [4.78, 5) is 10.9. The van der Waals surface area contributed by atoms with E-state index >= 15 is 0 Å². The minimum absolute atomic E-state index is 0.0192. The molecule has 3 rings (SSSR count). The lowest BCUT2D eigenvalue weighted by Crippen LogP contribution is -2.53. The van der Waals surface area contributed by atoms with Crippen LogP contribution < -0.4 is 0 Å². The average Bonchev–Trinajstić information content (AvgIpc) is 2.83. The van der Waals surface area contributed by atoms with E-state index in [1.54, 1.807) is 0 Å². The maximum Gasteiger partial charge on any atom is 0.302 e. The third-order valence-electron chi connectivity index (χ3n) is 4.12. The zero-order valence-corrected chi connectivity index (χ0v) is 10.9. The molecule has 18 heavy (non-hydrogen) atoms. The Morgan fingerprint density at radius 1 is 1.44 bits per heavy atom. The molecular formula is C13H20O5. The molecule has 0 aromatic carbocycles. The second-order valence-electron chi connectivity index (χ2n) is 5.50. The first-order chi connectivity index (χ1) is 8.60. The summed E-state index contributed by atoms with van der Waals surface area (Å²) in [5, 5.41) is 0. The van der Waals surface area contributed by atoms with Gasteiger partial charge in [-0.3, -0.25) is 4.79 Å². The Bertz CT molecular complexity index is 344. The summed E-state index contributed by atoms with van der Waals surface area (Å²) in [5.74, 6) is -0.414. The smallest absolute Gasteiger partial charge is 0.302 e. The second kappa shape index (κ2) is 4.47. The van der Waals surface area contributed by atoms with Crippen LogP contribution in [0.4, 0.5) is 0 Å². The summed E-state index contributed by atoms with van der Waals surface area (Å²) >= 11 is 0. The van der Waals surface area contributed by atoms with E-state index in [1.807, 2.05) is 0 Å². The molecule has 3 fully saturated rings. The number of esters is 1. The van der Waals surface area contributed by atoms with Gasteiger partial charge in [0.05, 0.1) is 18.8 Å². The number of ether oxygens (including phenoxy) is 4. The lowest BCUT2D eigenvalue weighted by molar-refractivity contribution is -0.292. The highest BCUT2D eigenvalue weighted by Crippen LogP contribution is 2.50. The molecule has 0 aromatic heterocycles. The maximum absolute atomic E-state index is 10.9. The quantitative estimate of drug-likeness (QED) is 0.696. The van der Waals surface area contributed by atoms with E-state index < -0.39 is 5.79 Å². The molecule has 0 aliphatic carbocycles. The third-order valence-corrected chi connectivity index (χ3v) is 4.12. The molecule has 0 amide bonds. The van der Waals surface area contributed by atoms with Crippen LogP contribution in [0.1, 0.15) is 33.1 Å². The largest absolute Gasteiger partial charge is 0.463 e. The van der Waals surface area contributed by atoms with Gasteiger partial charge in [-0.05, 0) is 19.8 Å². The van der Waals surface area contributed by atoms with Crippen molar-refractivity contribution in [2.45, 2.75) is 57.2 Å². The van der Waals surface area contributed by atoms with Crippen molar-refractivity contribution in [3.05, 3.63) is 0 Å². The summed E-state index contributed by atoms with van der Waals surface area (Å²) in [6, 6.07) is 0. The van der Waals surface area contributed by atoms with Gasteiger partial charge in [0.15, 0.2) is 5.79 Å². The Balaban J connectivity index is 1.70. The highest BCUT2D eigenvalue weighted by atomic mass is 16.7. The monoisotopic (exact) mass is 256 g/mol. The Hall–Kier alpha value is -0.650. The zero-order chi connectivity index (χ0) is 12.8. The van der Waals surface area contributed by atoms with Gasteiger partial charge in [-0.15, -0.1) is 0 Å². The van der Waals surface area contributed by atoms with Gasteiger partial charge in [0, 0.05) is 19.3 Å². The van der Waals surface area contributed by atoms with Crippen LogP contribution in [-0.2, 0) is 23.7 Å². The third kappa shape index (κ3) is 1.94. The second-order valence-corrected chi connectivity index (χ2v) is 5.50. The van der Waals surface area contributed by atoms with E-state index in [1.165, 1.54) is 6.92 Å². The molecule has 0 saturated carbocycles. The number of carbonyl (C=O) groups is 1. The lowest BCUT2D eigenvalue weighted by atomic mass is 9.85. The Labute approximate surface area is 107 Å². The van der Waals surface area contributed by atoms with E-state index in [4.69, 9.17) is 18.9 Å². The Morgan fingerprint density at radius 3 is 3.06 bits per heavy atom. The normalized spacial score (nSPS) is 46.6. The molecule has 0 radical (unpaired) electrons. The minimum Gasteiger partial charge on any atom is -0.463 e. The number of hydrogen-bond acceptors (Lipinski definition) is 5. The van der Waals surface area contributed by atoms with Crippen LogP contribution in [0.15, 0.2) is 0 Å². The summed E-state index contributed by atoms with van der Waals surface area (Å²) in [5.41, 5.74) is 0. The van der Waals surface area contributed by atoms with Crippen molar-refractivity contribution < 1.29 is 23.7 Å². The predicted molar refractivity (Wildman–Crippen MR) is 61.9 cm³/mol. The molecule has 3 aliphatic heterocycles. The van der Waals surface area contributed by atoms with Crippen molar-refractivity contribution in [1.82, 2.24) is 0 Å². The molecule has 3 heterocycles. The van der Waals surface area contributed by atoms with Gasteiger partial charge in [0.25, 0.3) is 0 Å². The van der Waals surface area contributed by atoms with Gasteiger partial charge < -0.3 is 18.9 Å². The molecule has 5 atom stereocenters. The summed E-state index contributed by atoms with van der Waals surface area (Å²) in [6.07, 6.45) is 2.83. The topological polar surface area (TPSA) is 54.0 Å². The highest BCUT2D eigenvalue weighted by molar-refractivity contribution is 5.65. The van der Waals surface area contributed by atoms with Gasteiger partial charge in [-0.25, -0.2) is 0 Å². The zero-order valence-electron chi connectivity index (χ0n) is 10.9. The SMILES string of the molecule is CC(=O)OC[C@@H]1C[C@@H]2CCO[C@@]23O[C@H](C)C[C@H]3O1. The van der Waals surface area contributed by atoms with Gasteiger partial charge in [-0.1, -0.05) is 0 Å². The molecule has 5 heteroatoms. The van der Waals surface area contributed by atoms with Crippen LogP contribution in [0.25, 0.3) is 0 Å². The van der Waals surface area contributed by atoms with Crippen molar-refractivity contribution in [2.24, 2.45) is 5.92 Å². The van der Waals surface area contributed by atoms with Crippen LogP contribution in [0.3, 0.4) is 0 Å². The highest BCUT2D eigenvalue weighted by Gasteiger charge is 2.60. The molecule has 102 valence electrons. The number of hydrogen-bond donors (Lipinski definition) is 0. The Morgan fingerprint density at radius 2 is 2.28 bits per heavy atom. The first kappa shape index (κ1) is 12.4. The van der Waals surface area contributed by atoms with E-state index in [-0.39, 0.29) is 24.3 Å². The van der Waals surface area contributed by atoms with Crippen LogP contribution >= 0.6 is 0 Å². The van der Waals surface area contributed by atoms with Crippen molar-refractivity contribution in [3.8, 4) is 0 Å². The fraction of sp³-hybridized carbons (Fsp3) is 0.923. The van der Waals surface area contributed by atoms with E-state index in [0.29, 0.717) is 12.5 Å². The van der Waals surface area contributed by atoms with Crippen molar-refractivity contribution in [2.75, 3.05) is 13.2 Å². The molecule has 3 saturated heterocycles. The lowest BCUT2D eigenvalue weighted by Gasteiger charge is -2.42. The molecular weight excluding hydrogens is 236 g/mol. The molecule has 0 N–H and O–H groups in total. The van der Waals surface area contributed by atoms with Crippen LogP contribution in [0.5, 0.6) is 0 Å². The predicted octanol–water partition coefficient (Wildman–Crippen LogP) is 1.25. The summed E-state index contributed by atoms with van der Waals surface area (Å²) < 4.78 is 22.9. The Kier molecular flexibility index (Phi) is 3.08. The van der Waals surface area contributed by atoms with E-state index in [9.17, 15) is 4.79 Å². The summed E-state index contributed by atoms with van der Waals surface area (Å²) in [6.45, 7) is 4.55. The molecule has 1 spiro atoms. The first-order valence-corrected chi connectivity index (χ1v) is 6.71. The molecule has 0 aromatic rings. The minimum atomic E-state index is -0.522. The fourth-order valence-corrected chi connectivity index (χ4v) is 3.43. The van der Waals surface area contributed by atoms with Crippen LogP contribution in [0, 0.1) is 5.92 Å². The van der Waals surface area contributed by atoms with Crippen LogP contribution in [-0.4, -0.2) is 43.3 Å². The van der Waals surface area contributed by atoms with Gasteiger partial charge >= 0.3 is 5.97 Å². The van der Waals surface area contributed by atoms with Crippen molar-refractivity contribution in [1.29, 1.82) is 0 Å². The van der Waals surface area contributed by atoms with E-state index in [2.05, 4.69) is 6.92 Å². The number of carbonyl (C=O) groups excluding carboxylic acids is 1. The molecule has 5 nitrogen and oxygen atoms in total. The summed E-state index contributed by atoms with van der Waals surface area (Å²) in [7, 11) is 0. The fourth-order valence-electron chi connectivity index (χ4n) is 3.43. The first-order valence-electron chi connectivity index (χ1n) is 6.71. The van der Waals surface area contributed by atoms with Crippen molar-refractivity contribution in [3.63, 3.8) is 0 Å². The number of rotatable bonds is 2. The van der Waals surface area contributed by atoms with Gasteiger partial charge in [-0.2, -0.15) is 0 Å². The van der Waals surface area contributed by atoms with Crippen LogP contribution in [0.2, 0.25) is 0 Å². The van der Waals surface area contributed by atoms with E-state index in [0.717, 1.165) is 25.9 Å². The average molecular weight is 256 g/mol. The molecule has 0 unspecified atom stereocenters. The molecule has 0 bridgehead atoms. The maximum atomic E-state index is 10.9. The van der Waals surface area contributed by atoms with Gasteiger partial charge in [0.2, 0.25) is 0 Å². The van der Waals surface area contributed by atoms with Gasteiger partial charge in [0.1, 0.15) is 12.7 Å².